The van der Waals surface area contributed by atoms with Crippen molar-refractivity contribution < 1.29 is 0 Å². The van der Waals surface area contributed by atoms with Gasteiger partial charge in [-0.25, -0.2) is 0 Å². The van der Waals surface area contributed by atoms with Crippen LogP contribution in [0.2, 0.25) is 0 Å². The van der Waals surface area contributed by atoms with E-state index < -0.39 is 0 Å². The molecule has 1 fully saturated rings. The summed E-state index contributed by atoms with van der Waals surface area (Å²) in [5.74, 6) is 0. The molecule has 1 aliphatic rings. The third-order valence-corrected chi connectivity index (χ3v) is 3.93. The number of nitrogens with zero attached hydrogens (tertiary/aromatic N) is 2. The van der Waals surface area contributed by atoms with Crippen molar-refractivity contribution in [3.63, 3.8) is 0 Å². The second-order valence-electron chi connectivity index (χ2n) is 4.86. The summed E-state index contributed by atoms with van der Waals surface area (Å²) in [6.07, 6.45) is 9.59. The van der Waals surface area contributed by atoms with Crippen molar-refractivity contribution in [2.75, 3.05) is 6.54 Å². The van der Waals surface area contributed by atoms with Gasteiger partial charge in [-0.3, -0.25) is 4.68 Å². The molecule has 0 bridgehead atoms. The zero-order chi connectivity index (χ0) is 10.7. The summed E-state index contributed by atoms with van der Waals surface area (Å²) in [7, 11) is 2.01. The maximum atomic E-state index is 5.92. The number of hydrogen-bond acceptors (Lipinski definition) is 2. The Morgan fingerprint density at radius 3 is 2.73 bits per heavy atom. The van der Waals surface area contributed by atoms with Crippen LogP contribution in [0.3, 0.4) is 0 Å². The largest absolute Gasteiger partial charge is 0.330 e. The number of aromatic nitrogens is 2. The van der Waals surface area contributed by atoms with E-state index in [4.69, 9.17) is 5.73 Å². The van der Waals surface area contributed by atoms with Gasteiger partial charge in [-0.1, -0.05) is 12.8 Å². The Balaban J connectivity index is 1.94. The summed E-state index contributed by atoms with van der Waals surface area (Å²) in [6, 6.07) is 2.11. The summed E-state index contributed by atoms with van der Waals surface area (Å²) in [6.45, 7) is 0.852. The van der Waals surface area contributed by atoms with E-state index in [1.54, 1.807) is 0 Å². The molecule has 1 heterocycles. The van der Waals surface area contributed by atoms with E-state index in [0.717, 1.165) is 13.0 Å². The lowest BCUT2D eigenvalue weighted by Crippen LogP contribution is -2.28. The van der Waals surface area contributed by atoms with E-state index in [0.29, 0.717) is 5.41 Å². The highest BCUT2D eigenvalue weighted by atomic mass is 15.2. The highest BCUT2D eigenvalue weighted by molar-refractivity contribution is 5.01. The standard InChI is InChI=1S/C12H21N3/c1-15-11(5-9-14-15)4-8-12(10-13)6-2-3-7-12/h5,9H,2-4,6-8,10,13H2,1H3. The molecule has 0 spiro atoms. The zero-order valence-electron chi connectivity index (χ0n) is 9.58. The summed E-state index contributed by atoms with van der Waals surface area (Å²) >= 11 is 0. The lowest BCUT2D eigenvalue weighted by Gasteiger charge is -2.26. The molecular weight excluding hydrogens is 186 g/mol. The van der Waals surface area contributed by atoms with Crippen molar-refractivity contribution in [3.05, 3.63) is 18.0 Å². The molecule has 2 rings (SSSR count). The summed E-state index contributed by atoms with van der Waals surface area (Å²) in [4.78, 5) is 0. The van der Waals surface area contributed by atoms with Gasteiger partial charge in [0.15, 0.2) is 0 Å². The summed E-state index contributed by atoms with van der Waals surface area (Å²) in [5, 5.41) is 4.20. The Morgan fingerprint density at radius 1 is 1.47 bits per heavy atom. The molecule has 0 aliphatic heterocycles. The third-order valence-electron chi connectivity index (χ3n) is 3.93. The first kappa shape index (κ1) is 10.7. The average molecular weight is 207 g/mol. The molecule has 1 aromatic heterocycles. The molecule has 1 aliphatic carbocycles. The molecular formula is C12H21N3. The van der Waals surface area contributed by atoms with Gasteiger partial charge in [-0.05, 0) is 43.7 Å². The van der Waals surface area contributed by atoms with E-state index in [1.165, 1.54) is 37.8 Å². The van der Waals surface area contributed by atoms with E-state index in [9.17, 15) is 0 Å². The fourth-order valence-electron chi connectivity index (χ4n) is 2.72. The Hall–Kier alpha value is -0.830. The maximum absolute atomic E-state index is 5.92. The fourth-order valence-corrected chi connectivity index (χ4v) is 2.72. The number of nitrogens with two attached hydrogens (primary N) is 1. The predicted octanol–water partition coefficient (Wildman–Crippen LogP) is 1.87. The van der Waals surface area contributed by atoms with Gasteiger partial charge in [0.05, 0.1) is 0 Å². The zero-order valence-corrected chi connectivity index (χ0v) is 9.58. The van der Waals surface area contributed by atoms with Gasteiger partial charge in [0.1, 0.15) is 0 Å². The molecule has 15 heavy (non-hydrogen) atoms. The first-order chi connectivity index (χ1) is 7.26. The lowest BCUT2D eigenvalue weighted by atomic mass is 9.81. The van der Waals surface area contributed by atoms with Gasteiger partial charge in [-0.2, -0.15) is 5.10 Å². The first-order valence-electron chi connectivity index (χ1n) is 5.93. The molecule has 0 radical (unpaired) electrons. The lowest BCUT2D eigenvalue weighted by molar-refractivity contribution is 0.281. The van der Waals surface area contributed by atoms with E-state index in [-0.39, 0.29) is 0 Å². The average Bonchev–Trinajstić information content (AvgIpc) is 2.85. The van der Waals surface area contributed by atoms with Crippen molar-refractivity contribution in [3.8, 4) is 0 Å². The van der Waals surface area contributed by atoms with E-state index >= 15 is 0 Å². The Morgan fingerprint density at radius 2 is 2.20 bits per heavy atom. The smallest absolute Gasteiger partial charge is 0.0492 e. The second-order valence-corrected chi connectivity index (χ2v) is 4.86. The molecule has 2 N–H and O–H groups in total. The van der Waals surface area contributed by atoms with Crippen LogP contribution in [-0.2, 0) is 13.5 Å². The molecule has 3 heteroatoms. The van der Waals surface area contributed by atoms with Gasteiger partial charge >= 0.3 is 0 Å². The molecule has 1 saturated carbocycles. The molecule has 0 aromatic carbocycles. The minimum absolute atomic E-state index is 0.435. The molecule has 0 atom stereocenters. The van der Waals surface area contributed by atoms with Gasteiger partial charge in [0, 0.05) is 18.9 Å². The van der Waals surface area contributed by atoms with Crippen LogP contribution in [0.4, 0.5) is 0 Å². The maximum Gasteiger partial charge on any atom is 0.0492 e. The van der Waals surface area contributed by atoms with Crippen LogP contribution >= 0.6 is 0 Å². The summed E-state index contributed by atoms with van der Waals surface area (Å²) in [5.41, 5.74) is 7.69. The van der Waals surface area contributed by atoms with Crippen molar-refractivity contribution in [1.29, 1.82) is 0 Å². The Labute approximate surface area is 91.7 Å². The van der Waals surface area contributed by atoms with Crippen LogP contribution in [0, 0.1) is 5.41 Å². The molecule has 3 nitrogen and oxygen atoms in total. The Kier molecular flexibility index (Phi) is 3.10. The quantitative estimate of drug-likeness (QED) is 0.819. The number of hydrogen-bond donors (Lipinski definition) is 1. The highest BCUT2D eigenvalue weighted by Gasteiger charge is 2.31. The van der Waals surface area contributed by atoms with E-state index in [1.807, 2.05) is 17.9 Å². The van der Waals surface area contributed by atoms with Gasteiger partial charge in [0.2, 0.25) is 0 Å². The van der Waals surface area contributed by atoms with Crippen molar-refractivity contribution >= 4 is 0 Å². The van der Waals surface area contributed by atoms with Gasteiger partial charge in [-0.15, -0.1) is 0 Å². The number of rotatable bonds is 4. The van der Waals surface area contributed by atoms with Crippen LogP contribution in [0.15, 0.2) is 12.3 Å². The highest BCUT2D eigenvalue weighted by Crippen LogP contribution is 2.40. The Bertz CT molecular complexity index is 310. The van der Waals surface area contributed by atoms with Crippen LogP contribution in [0.1, 0.15) is 37.8 Å². The minimum atomic E-state index is 0.435. The van der Waals surface area contributed by atoms with Crippen molar-refractivity contribution in [2.45, 2.75) is 38.5 Å². The van der Waals surface area contributed by atoms with Crippen LogP contribution in [-0.4, -0.2) is 16.3 Å². The predicted molar refractivity (Wildman–Crippen MR) is 61.5 cm³/mol. The topological polar surface area (TPSA) is 43.8 Å². The monoisotopic (exact) mass is 207 g/mol. The first-order valence-corrected chi connectivity index (χ1v) is 5.93. The van der Waals surface area contributed by atoms with E-state index in [2.05, 4.69) is 11.2 Å². The normalized spacial score (nSPS) is 19.6. The molecule has 1 aromatic rings. The van der Waals surface area contributed by atoms with Gasteiger partial charge < -0.3 is 5.73 Å². The number of aryl methyl sites for hydroxylation is 2. The fraction of sp³-hybridized carbons (Fsp3) is 0.750. The molecule has 84 valence electrons. The molecule has 0 unspecified atom stereocenters. The van der Waals surface area contributed by atoms with Crippen LogP contribution in [0.5, 0.6) is 0 Å². The SMILES string of the molecule is Cn1nccc1CCC1(CN)CCCC1. The minimum Gasteiger partial charge on any atom is -0.330 e. The van der Waals surface area contributed by atoms with Crippen LogP contribution in [0.25, 0.3) is 0 Å². The van der Waals surface area contributed by atoms with Crippen LogP contribution < -0.4 is 5.73 Å². The molecule has 0 amide bonds. The van der Waals surface area contributed by atoms with Crippen molar-refractivity contribution in [2.24, 2.45) is 18.2 Å². The van der Waals surface area contributed by atoms with Gasteiger partial charge in [0.25, 0.3) is 0 Å². The second kappa shape index (κ2) is 4.35. The molecule has 0 saturated heterocycles. The van der Waals surface area contributed by atoms with Crippen molar-refractivity contribution in [1.82, 2.24) is 9.78 Å². The third kappa shape index (κ3) is 2.23. The summed E-state index contributed by atoms with van der Waals surface area (Å²) < 4.78 is 1.97.